The summed E-state index contributed by atoms with van der Waals surface area (Å²) in [5.41, 5.74) is 0.343. The third-order valence-corrected chi connectivity index (χ3v) is 2.22. The van der Waals surface area contributed by atoms with Gasteiger partial charge in [-0.05, 0) is 30.5 Å². The van der Waals surface area contributed by atoms with Gasteiger partial charge in [0.25, 0.3) is 0 Å². The first-order valence-electron chi connectivity index (χ1n) is 4.35. The molecular weight excluding hydrogens is 167 g/mol. The zero-order valence-electron chi connectivity index (χ0n) is 7.20. The molecule has 0 aromatic heterocycles. The van der Waals surface area contributed by atoms with Crippen LogP contribution < -0.4 is 0 Å². The highest BCUT2D eigenvalue weighted by Gasteiger charge is 2.37. The Hall–Kier alpha value is -1.15. The second-order valence-corrected chi connectivity index (χ2v) is 3.49. The molecule has 1 nitrogen and oxygen atoms in total. The molecule has 0 atom stereocenters. The minimum absolute atomic E-state index is 0.234. The molecule has 1 aromatic rings. The molecule has 0 radical (unpaired) electrons. The van der Waals surface area contributed by atoms with Crippen LogP contribution in [0.2, 0.25) is 0 Å². The summed E-state index contributed by atoms with van der Waals surface area (Å²) in [6.45, 7) is 0. The van der Waals surface area contributed by atoms with Crippen LogP contribution in [0, 0.1) is 5.82 Å². The first kappa shape index (κ1) is 8.45. The van der Waals surface area contributed by atoms with Gasteiger partial charge in [-0.1, -0.05) is 24.3 Å². The minimum Gasteiger partial charge on any atom is -0.386 e. The molecule has 0 heterocycles. The molecule has 1 saturated carbocycles. The largest absolute Gasteiger partial charge is 0.386 e. The fraction of sp³-hybridized carbons (Fsp3) is 0.273. The van der Waals surface area contributed by atoms with Gasteiger partial charge in [-0.3, -0.25) is 0 Å². The van der Waals surface area contributed by atoms with E-state index in [4.69, 9.17) is 0 Å². The normalized spacial score (nSPS) is 19.2. The zero-order chi connectivity index (χ0) is 9.31. The van der Waals surface area contributed by atoms with E-state index in [2.05, 4.69) is 0 Å². The maximum atomic E-state index is 12.5. The zero-order valence-corrected chi connectivity index (χ0v) is 7.20. The van der Waals surface area contributed by atoms with Gasteiger partial charge in [0.1, 0.15) is 5.82 Å². The SMILES string of the molecule is OC1(/C=C/c2ccc(F)cc2)CC1. The fourth-order valence-electron chi connectivity index (χ4n) is 1.12. The number of halogens is 1. The molecule has 0 unspecified atom stereocenters. The van der Waals surface area contributed by atoms with Gasteiger partial charge in [-0.15, -0.1) is 0 Å². The molecule has 13 heavy (non-hydrogen) atoms. The van der Waals surface area contributed by atoms with E-state index in [0.29, 0.717) is 0 Å². The predicted molar refractivity (Wildman–Crippen MR) is 49.6 cm³/mol. The van der Waals surface area contributed by atoms with Crippen LogP contribution >= 0.6 is 0 Å². The number of benzene rings is 1. The Morgan fingerprint density at radius 1 is 1.23 bits per heavy atom. The predicted octanol–water partition coefficient (Wildman–Crippen LogP) is 2.36. The van der Waals surface area contributed by atoms with Crippen LogP contribution in [0.15, 0.2) is 30.3 Å². The lowest BCUT2D eigenvalue weighted by Crippen LogP contribution is -1.99. The average Bonchev–Trinajstić information content (AvgIpc) is 2.84. The van der Waals surface area contributed by atoms with E-state index >= 15 is 0 Å². The summed E-state index contributed by atoms with van der Waals surface area (Å²) in [4.78, 5) is 0. The Kier molecular flexibility index (Phi) is 1.93. The molecule has 0 saturated heterocycles. The van der Waals surface area contributed by atoms with Crippen molar-refractivity contribution >= 4 is 6.08 Å². The highest BCUT2D eigenvalue weighted by Crippen LogP contribution is 2.36. The molecule has 0 amide bonds. The van der Waals surface area contributed by atoms with Crippen LogP contribution in [0.5, 0.6) is 0 Å². The summed E-state index contributed by atoms with van der Waals surface area (Å²) in [6.07, 6.45) is 5.28. The van der Waals surface area contributed by atoms with Crippen molar-refractivity contribution in [3.05, 3.63) is 41.7 Å². The molecule has 1 fully saturated rings. The van der Waals surface area contributed by atoms with Gasteiger partial charge < -0.3 is 5.11 Å². The Morgan fingerprint density at radius 2 is 1.85 bits per heavy atom. The monoisotopic (exact) mass is 178 g/mol. The van der Waals surface area contributed by atoms with Gasteiger partial charge in [-0.25, -0.2) is 4.39 Å². The van der Waals surface area contributed by atoms with Gasteiger partial charge >= 0.3 is 0 Å². The van der Waals surface area contributed by atoms with Gasteiger partial charge in [-0.2, -0.15) is 0 Å². The van der Waals surface area contributed by atoms with E-state index in [9.17, 15) is 9.50 Å². The van der Waals surface area contributed by atoms with E-state index < -0.39 is 5.60 Å². The molecule has 1 aliphatic rings. The smallest absolute Gasteiger partial charge is 0.123 e. The Morgan fingerprint density at radius 3 is 2.38 bits per heavy atom. The lowest BCUT2D eigenvalue weighted by atomic mass is 10.2. The third-order valence-electron chi connectivity index (χ3n) is 2.22. The third kappa shape index (κ3) is 2.16. The summed E-state index contributed by atoms with van der Waals surface area (Å²) in [7, 11) is 0. The molecule has 2 heteroatoms. The summed E-state index contributed by atoms with van der Waals surface area (Å²) in [5.74, 6) is -0.234. The van der Waals surface area contributed by atoms with Crippen molar-refractivity contribution < 1.29 is 9.50 Å². The molecule has 0 spiro atoms. The minimum atomic E-state index is -0.575. The molecule has 0 aliphatic heterocycles. The molecule has 68 valence electrons. The van der Waals surface area contributed by atoms with Crippen molar-refractivity contribution in [3.63, 3.8) is 0 Å². The quantitative estimate of drug-likeness (QED) is 0.737. The van der Waals surface area contributed by atoms with Crippen LogP contribution in [0.25, 0.3) is 6.08 Å². The van der Waals surface area contributed by atoms with Crippen molar-refractivity contribution in [2.24, 2.45) is 0 Å². The lowest BCUT2D eigenvalue weighted by molar-refractivity contribution is 0.203. The highest BCUT2D eigenvalue weighted by molar-refractivity contribution is 5.51. The van der Waals surface area contributed by atoms with Gasteiger partial charge in [0.05, 0.1) is 5.60 Å². The second-order valence-electron chi connectivity index (χ2n) is 3.49. The lowest BCUT2D eigenvalue weighted by Gasteiger charge is -1.97. The van der Waals surface area contributed by atoms with Crippen LogP contribution in [0.4, 0.5) is 4.39 Å². The Balaban J connectivity index is 2.09. The van der Waals surface area contributed by atoms with E-state index in [0.717, 1.165) is 18.4 Å². The van der Waals surface area contributed by atoms with Gasteiger partial charge in [0.2, 0.25) is 0 Å². The van der Waals surface area contributed by atoms with E-state index in [1.54, 1.807) is 18.2 Å². The van der Waals surface area contributed by atoms with Gasteiger partial charge in [0, 0.05) is 0 Å². The second kappa shape index (κ2) is 2.96. The van der Waals surface area contributed by atoms with Crippen molar-refractivity contribution in [2.75, 3.05) is 0 Å². The first-order valence-corrected chi connectivity index (χ1v) is 4.35. The van der Waals surface area contributed by atoms with Gasteiger partial charge in [0.15, 0.2) is 0 Å². The average molecular weight is 178 g/mol. The number of rotatable bonds is 2. The number of hydrogen-bond acceptors (Lipinski definition) is 1. The van der Waals surface area contributed by atoms with Crippen LogP contribution in [-0.2, 0) is 0 Å². The Labute approximate surface area is 76.5 Å². The van der Waals surface area contributed by atoms with Crippen LogP contribution in [0.3, 0.4) is 0 Å². The van der Waals surface area contributed by atoms with Crippen molar-refractivity contribution in [1.29, 1.82) is 0 Å². The fourth-order valence-corrected chi connectivity index (χ4v) is 1.12. The Bertz CT molecular complexity index is 322. The first-order chi connectivity index (χ1) is 6.18. The van der Waals surface area contributed by atoms with Crippen LogP contribution in [-0.4, -0.2) is 10.7 Å². The molecule has 1 aliphatic carbocycles. The maximum Gasteiger partial charge on any atom is 0.123 e. The molecule has 2 rings (SSSR count). The topological polar surface area (TPSA) is 20.2 Å². The van der Waals surface area contributed by atoms with E-state index in [-0.39, 0.29) is 5.82 Å². The summed E-state index contributed by atoms with van der Waals surface area (Å²) < 4.78 is 12.5. The van der Waals surface area contributed by atoms with E-state index in [1.807, 2.05) is 6.08 Å². The maximum absolute atomic E-state index is 12.5. The number of hydrogen-bond donors (Lipinski definition) is 1. The van der Waals surface area contributed by atoms with Crippen molar-refractivity contribution in [3.8, 4) is 0 Å². The summed E-state index contributed by atoms with van der Waals surface area (Å²) >= 11 is 0. The summed E-state index contributed by atoms with van der Waals surface area (Å²) in [5, 5.41) is 9.48. The molecule has 1 N–H and O–H groups in total. The molecule has 0 bridgehead atoms. The van der Waals surface area contributed by atoms with Crippen molar-refractivity contribution in [1.82, 2.24) is 0 Å². The highest BCUT2D eigenvalue weighted by atomic mass is 19.1. The van der Waals surface area contributed by atoms with Crippen molar-refractivity contribution in [2.45, 2.75) is 18.4 Å². The summed E-state index contributed by atoms with van der Waals surface area (Å²) in [6, 6.07) is 6.21. The molecular formula is C11H11FO. The van der Waals surface area contributed by atoms with E-state index in [1.165, 1.54) is 12.1 Å². The number of aliphatic hydroxyl groups is 1. The van der Waals surface area contributed by atoms with Crippen LogP contribution in [0.1, 0.15) is 18.4 Å². The molecule has 1 aromatic carbocycles. The standard InChI is InChI=1S/C11H11FO/c12-10-3-1-9(2-4-10)5-6-11(13)7-8-11/h1-6,13H,7-8H2/b6-5+.